The molecule has 31 heavy (non-hydrogen) atoms. The van der Waals surface area contributed by atoms with Crippen LogP contribution in [0.25, 0.3) is 10.9 Å². The number of rotatable bonds is 12. The first kappa shape index (κ1) is 22.9. The van der Waals surface area contributed by atoms with Gasteiger partial charge in [0.05, 0.1) is 63.5 Å². The molecule has 1 heterocycles. The van der Waals surface area contributed by atoms with Crippen LogP contribution in [0.15, 0.2) is 48.5 Å². The number of methoxy groups -OCH3 is 1. The number of hydrogen-bond donors (Lipinski definition) is 0. The van der Waals surface area contributed by atoms with Crippen molar-refractivity contribution in [2.24, 2.45) is 0 Å². The molecule has 0 aliphatic carbocycles. The van der Waals surface area contributed by atoms with E-state index in [4.69, 9.17) is 18.9 Å². The van der Waals surface area contributed by atoms with Gasteiger partial charge in [-0.3, -0.25) is 0 Å². The summed E-state index contributed by atoms with van der Waals surface area (Å²) in [7, 11) is 1.30. The average Bonchev–Trinajstić information content (AvgIpc) is 3.04. The lowest BCUT2D eigenvalue weighted by atomic mass is 10.1. The van der Waals surface area contributed by atoms with Gasteiger partial charge in [0.15, 0.2) is 5.82 Å². The van der Waals surface area contributed by atoms with Gasteiger partial charge in [-0.1, -0.05) is 30.3 Å². The largest absolute Gasteiger partial charge is 0.465 e. The molecular weight excluding hydrogens is 401 g/mol. The average molecular weight is 429 g/mol. The quantitative estimate of drug-likeness (QED) is 0.320. The lowest BCUT2D eigenvalue weighted by molar-refractivity contribution is 0.00945. The van der Waals surface area contributed by atoms with Crippen LogP contribution in [0, 0.1) is 12.7 Å². The molecule has 0 radical (unpaired) electrons. The molecule has 0 aliphatic rings. The number of halogens is 1. The van der Waals surface area contributed by atoms with E-state index >= 15 is 0 Å². The molecule has 0 atom stereocenters. The number of hydrogen-bond acceptors (Lipinski definition) is 5. The highest BCUT2D eigenvalue weighted by atomic mass is 19.1. The first-order valence-corrected chi connectivity index (χ1v) is 10.3. The van der Waals surface area contributed by atoms with Gasteiger partial charge in [-0.05, 0) is 30.7 Å². The molecule has 2 aromatic carbocycles. The highest BCUT2D eigenvalue weighted by Crippen LogP contribution is 2.25. The van der Waals surface area contributed by atoms with Gasteiger partial charge in [-0.2, -0.15) is 0 Å². The monoisotopic (exact) mass is 429 g/mol. The fourth-order valence-corrected chi connectivity index (χ4v) is 3.33. The van der Waals surface area contributed by atoms with Crippen LogP contribution < -0.4 is 0 Å². The van der Waals surface area contributed by atoms with Crippen molar-refractivity contribution in [1.29, 1.82) is 0 Å². The van der Waals surface area contributed by atoms with Crippen LogP contribution in [-0.4, -0.2) is 50.7 Å². The van der Waals surface area contributed by atoms with E-state index in [0.717, 1.165) is 11.1 Å². The second kappa shape index (κ2) is 11.6. The first-order valence-electron chi connectivity index (χ1n) is 10.3. The summed E-state index contributed by atoms with van der Waals surface area (Å²) in [6, 6.07) is 14.9. The number of carbonyl (C=O) groups is 1. The summed E-state index contributed by atoms with van der Waals surface area (Å²) in [5, 5.41) is 0.402. The molecule has 6 nitrogen and oxygen atoms in total. The van der Waals surface area contributed by atoms with E-state index in [2.05, 4.69) is 0 Å². The minimum absolute atomic E-state index is 0.326. The minimum atomic E-state index is -0.486. The van der Waals surface area contributed by atoms with Gasteiger partial charge in [0.25, 0.3) is 0 Å². The van der Waals surface area contributed by atoms with E-state index in [1.54, 1.807) is 19.1 Å². The van der Waals surface area contributed by atoms with Crippen molar-refractivity contribution in [2.45, 2.75) is 20.1 Å². The molecule has 3 rings (SSSR count). The van der Waals surface area contributed by atoms with Crippen LogP contribution in [0.2, 0.25) is 0 Å². The third kappa shape index (κ3) is 6.13. The van der Waals surface area contributed by atoms with E-state index in [1.165, 1.54) is 13.2 Å². The van der Waals surface area contributed by atoms with E-state index < -0.39 is 5.97 Å². The molecule has 0 amide bonds. The maximum Gasteiger partial charge on any atom is 0.337 e. The van der Waals surface area contributed by atoms with Crippen molar-refractivity contribution in [2.75, 3.05) is 40.1 Å². The zero-order valence-electron chi connectivity index (χ0n) is 17.9. The third-order valence-electron chi connectivity index (χ3n) is 4.98. The first-order chi connectivity index (χ1) is 15.1. The van der Waals surface area contributed by atoms with Crippen molar-refractivity contribution < 1.29 is 28.1 Å². The highest BCUT2D eigenvalue weighted by Gasteiger charge is 2.16. The number of nitrogens with zero attached hydrogens (tertiary/aromatic N) is 1. The van der Waals surface area contributed by atoms with Crippen molar-refractivity contribution in [3.63, 3.8) is 0 Å². The number of ether oxygens (including phenoxy) is 4. The Morgan fingerprint density at radius 1 is 0.935 bits per heavy atom. The van der Waals surface area contributed by atoms with Crippen LogP contribution in [0.3, 0.4) is 0 Å². The summed E-state index contributed by atoms with van der Waals surface area (Å²) in [5.41, 5.74) is 2.69. The highest BCUT2D eigenvalue weighted by molar-refractivity contribution is 5.95. The van der Waals surface area contributed by atoms with Crippen molar-refractivity contribution in [3.8, 4) is 0 Å². The Morgan fingerprint density at radius 2 is 1.61 bits per heavy atom. The standard InChI is InChI=1S/C24H28FNO5/c1-18-23(25)21-16-20(24(27)28-2)8-9-22(21)26(18)10-11-29-12-13-30-14-15-31-17-19-6-4-3-5-7-19/h3-9,16H,10-15,17H2,1-2H3. The van der Waals surface area contributed by atoms with Crippen LogP contribution in [0.1, 0.15) is 21.6 Å². The van der Waals surface area contributed by atoms with Crippen LogP contribution >= 0.6 is 0 Å². The molecular formula is C24H28FNO5. The van der Waals surface area contributed by atoms with Crippen LogP contribution in [0.5, 0.6) is 0 Å². The second-order valence-electron chi connectivity index (χ2n) is 7.04. The van der Waals surface area contributed by atoms with Crippen molar-refractivity contribution in [1.82, 2.24) is 4.57 Å². The molecule has 3 aromatic rings. The van der Waals surface area contributed by atoms with E-state index in [1.807, 2.05) is 34.9 Å². The Balaban J connectivity index is 1.36. The fraction of sp³-hybridized carbons (Fsp3) is 0.375. The molecule has 0 unspecified atom stereocenters. The Bertz CT molecular complexity index is 987. The lowest BCUT2D eigenvalue weighted by Crippen LogP contribution is -2.12. The number of aromatic nitrogens is 1. The number of carbonyl (C=O) groups excluding carboxylic acids is 1. The zero-order chi connectivity index (χ0) is 22.1. The lowest BCUT2D eigenvalue weighted by Gasteiger charge is -2.10. The summed E-state index contributed by atoms with van der Waals surface area (Å²) >= 11 is 0. The van der Waals surface area contributed by atoms with Gasteiger partial charge < -0.3 is 23.5 Å². The fourth-order valence-electron chi connectivity index (χ4n) is 3.33. The molecule has 1 aromatic heterocycles. The van der Waals surface area contributed by atoms with Crippen molar-refractivity contribution in [3.05, 3.63) is 71.2 Å². The third-order valence-corrected chi connectivity index (χ3v) is 4.98. The van der Waals surface area contributed by atoms with Crippen LogP contribution in [0.4, 0.5) is 4.39 Å². The molecule has 0 fully saturated rings. The molecule has 0 spiro atoms. The molecule has 0 aliphatic heterocycles. The smallest absolute Gasteiger partial charge is 0.337 e. The molecule has 7 heteroatoms. The predicted octanol–water partition coefficient (Wildman–Crippen LogP) is 4.13. The van der Waals surface area contributed by atoms with E-state index in [-0.39, 0.29) is 5.82 Å². The number of fused-ring (bicyclic) bond motifs is 1. The van der Waals surface area contributed by atoms with Gasteiger partial charge >= 0.3 is 5.97 Å². The maximum atomic E-state index is 14.6. The van der Waals surface area contributed by atoms with E-state index in [0.29, 0.717) is 62.8 Å². The summed E-state index contributed by atoms with van der Waals surface area (Å²) in [5.74, 6) is -0.819. The normalized spacial score (nSPS) is 11.2. The van der Waals surface area contributed by atoms with Gasteiger partial charge in [-0.15, -0.1) is 0 Å². The van der Waals surface area contributed by atoms with Gasteiger partial charge in [0, 0.05) is 11.9 Å². The minimum Gasteiger partial charge on any atom is -0.465 e. The van der Waals surface area contributed by atoms with Gasteiger partial charge in [0.1, 0.15) is 0 Å². The number of benzene rings is 2. The van der Waals surface area contributed by atoms with Crippen LogP contribution in [-0.2, 0) is 32.1 Å². The van der Waals surface area contributed by atoms with Crippen molar-refractivity contribution >= 4 is 16.9 Å². The SMILES string of the molecule is COC(=O)c1ccc2c(c1)c(F)c(C)n2CCOCCOCCOCc1ccccc1. The van der Waals surface area contributed by atoms with E-state index in [9.17, 15) is 9.18 Å². The molecule has 0 N–H and O–H groups in total. The summed E-state index contributed by atoms with van der Waals surface area (Å²) in [4.78, 5) is 11.7. The molecule has 166 valence electrons. The summed E-state index contributed by atoms with van der Waals surface area (Å²) < 4.78 is 37.9. The Labute approximate surface area is 181 Å². The Kier molecular flexibility index (Phi) is 8.58. The Hall–Kier alpha value is -2.74. The van der Waals surface area contributed by atoms with Gasteiger partial charge in [-0.25, -0.2) is 9.18 Å². The summed E-state index contributed by atoms with van der Waals surface area (Å²) in [6.07, 6.45) is 0. The molecule has 0 bridgehead atoms. The second-order valence-corrected chi connectivity index (χ2v) is 7.04. The maximum absolute atomic E-state index is 14.6. The Morgan fingerprint density at radius 3 is 2.32 bits per heavy atom. The predicted molar refractivity (Wildman–Crippen MR) is 116 cm³/mol. The molecule has 0 saturated heterocycles. The summed E-state index contributed by atoms with van der Waals surface area (Å²) in [6.45, 7) is 5.17. The number of esters is 1. The van der Waals surface area contributed by atoms with Gasteiger partial charge in [0.2, 0.25) is 0 Å². The zero-order valence-corrected chi connectivity index (χ0v) is 17.9. The topological polar surface area (TPSA) is 58.9 Å². The molecule has 0 saturated carbocycles.